The van der Waals surface area contributed by atoms with Crippen molar-refractivity contribution in [1.29, 1.82) is 0 Å². The molecule has 0 spiro atoms. The van der Waals surface area contributed by atoms with E-state index in [-0.39, 0.29) is 17.9 Å². The third kappa shape index (κ3) is 3.19. The normalized spacial score (nSPS) is 20.4. The van der Waals surface area contributed by atoms with Crippen molar-refractivity contribution in [3.63, 3.8) is 0 Å². The van der Waals surface area contributed by atoms with Gasteiger partial charge in [-0.05, 0) is 42.5 Å². The first-order valence-electron chi connectivity index (χ1n) is 8.60. The Bertz CT molecular complexity index is 817. The largest absolute Gasteiger partial charge is 0.324 e. The number of nitrogens with one attached hydrogen (secondary N) is 1. The number of rotatable bonds is 2. The summed E-state index contributed by atoms with van der Waals surface area (Å²) in [5.41, 5.74) is 2.84. The highest BCUT2D eigenvalue weighted by atomic mass is 32.1. The highest BCUT2D eigenvalue weighted by Gasteiger charge is 2.31. The van der Waals surface area contributed by atoms with Gasteiger partial charge in [-0.25, -0.2) is 0 Å². The number of carbonyl (C=O) groups is 2. The topological polar surface area (TPSA) is 52.7 Å². The van der Waals surface area contributed by atoms with E-state index in [9.17, 15) is 9.59 Å². The molecule has 0 fully saturated rings. The molecular formula is C19H21N3O2S. The van der Waals surface area contributed by atoms with E-state index in [1.54, 1.807) is 16.2 Å². The Morgan fingerprint density at radius 3 is 3.04 bits per heavy atom. The molecule has 25 heavy (non-hydrogen) atoms. The van der Waals surface area contributed by atoms with Crippen molar-refractivity contribution in [2.24, 2.45) is 0 Å². The lowest BCUT2D eigenvalue weighted by Gasteiger charge is -2.32. The van der Waals surface area contributed by atoms with Crippen LogP contribution in [0.15, 0.2) is 35.7 Å². The maximum atomic E-state index is 13.1. The zero-order valence-corrected chi connectivity index (χ0v) is 15.0. The van der Waals surface area contributed by atoms with Crippen LogP contribution in [0.4, 0.5) is 11.4 Å². The third-order valence-corrected chi connectivity index (χ3v) is 5.90. The zero-order valence-electron chi connectivity index (χ0n) is 14.2. The lowest BCUT2D eigenvalue weighted by Crippen LogP contribution is -2.46. The van der Waals surface area contributed by atoms with Gasteiger partial charge in [0.05, 0.1) is 17.9 Å². The fourth-order valence-electron chi connectivity index (χ4n) is 3.68. The van der Waals surface area contributed by atoms with Gasteiger partial charge in [-0.15, -0.1) is 11.3 Å². The fourth-order valence-corrected chi connectivity index (χ4v) is 4.57. The van der Waals surface area contributed by atoms with E-state index in [1.165, 1.54) is 10.4 Å². The minimum atomic E-state index is -0.155. The molecule has 3 heterocycles. The van der Waals surface area contributed by atoms with Gasteiger partial charge < -0.3 is 10.2 Å². The first kappa shape index (κ1) is 16.3. The number of carbonyl (C=O) groups excluding carboxylic acids is 2. The van der Waals surface area contributed by atoms with Crippen molar-refractivity contribution in [1.82, 2.24) is 4.90 Å². The lowest BCUT2D eigenvalue weighted by atomic mass is 10.1. The number of hydrogen-bond donors (Lipinski definition) is 1. The predicted molar refractivity (Wildman–Crippen MR) is 99.9 cm³/mol. The Kier molecular flexibility index (Phi) is 4.31. The lowest BCUT2D eigenvalue weighted by molar-refractivity contribution is -0.120. The van der Waals surface area contributed by atoms with Gasteiger partial charge in [-0.2, -0.15) is 0 Å². The van der Waals surface area contributed by atoms with Gasteiger partial charge in [-0.3, -0.25) is 14.5 Å². The Hall–Kier alpha value is -2.18. The number of hydrogen-bond acceptors (Lipinski definition) is 4. The van der Waals surface area contributed by atoms with Crippen LogP contribution in [0.2, 0.25) is 0 Å². The summed E-state index contributed by atoms with van der Waals surface area (Å²) < 4.78 is 0. The first-order chi connectivity index (χ1) is 12.1. The Morgan fingerprint density at radius 1 is 1.32 bits per heavy atom. The van der Waals surface area contributed by atoms with Crippen LogP contribution >= 0.6 is 11.3 Å². The minimum Gasteiger partial charge on any atom is -0.324 e. The molecule has 1 unspecified atom stereocenters. The smallest absolute Gasteiger partial charge is 0.241 e. The van der Waals surface area contributed by atoms with E-state index in [1.807, 2.05) is 31.2 Å². The van der Waals surface area contributed by atoms with Gasteiger partial charge in [-0.1, -0.05) is 12.1 Å². The van der Waals surface area contributed by atoms with Gasteiger partial charge in [0.15, 0.2) is 0 Å². The number of para-hydroxylation sites is 2. The standard InChI is InChI=1S/C19H21N3O2S/c1-13-10-18(23)20-15-4-2-3-5-16(15)22(13)19(24)12-21-8-6-17-14(11-21)7-9-25-17/h2-5,7,9,13H,6,8,10-12H2,1H3,(H,20,23). The molecule has 0 saturated carbocycles. The van der Waals surface area contributed by atoms with Gasteiger partial charge in [0, 0.05) is 30.4 Å². The van der Waals surface area contributed by atoms with Crippen LogP contribution in [0.5, 0.6) is 0 Å². The van der Waals surface area contributed by atoms with Crippen molar-refractivity contribution in [2.75, 3.05) is 23.3 Å². The zero-order chi connectivity index (χ0) is 17.4. The molecule has 1 aromatic carbocycles. The Morgan fingerprint density at radius 2 is 2.16 bits per heavy atom. The van der Waals surface area contributed by atoms with Crippen molar-refractivity contribution in [2.45, 2.75) is 32.4 Å². The molecule has 0 saturated heterocycles. The molecular weight excluding hydrogens is 334 g/mol. The molecule has 0 bridgehead atoms. The Balaban J connectivity index is 1.56. The average Bonchev–Trinajstić information content (AvgIpc) is 2.99. The number of amides is 2. The van der Waals surface area contributed by atoms with Gasteiger partial charge >= 0.3 is 0 Å². The van der Waals surface area contributed by atoms with Crippen molar-refractivity contribution < 1.29 is 9.59 Å². The molecule has 2 aliphatic heterocycles. The summed E-state index contributed by atoms with van der Waals surface area (Å²) in [5, 5.41) is 5.03. The van der Waals surface area contributed by atoms with Crippen LogP contribution in [0.1, 0.15) is 23.8 Å². The summed E-state index contributed by atoms with van der Waals surface area (Å²) >= 11 is 1.80. The number of nitrogens with zero attached hydrogens (tertiary/aromatic N) is 2. The fraction of sp³-hybridized carbons (Fsp3) is 0.368. The van der Waals surface area contributed by atoms with Crippen molar-refractivity contribution >= 4 is 34.5 Å². The van der Waals surface area contributed by atoms with Crippen LogP contribution in [-0.4, -0.2) is 35.8 Å². The minimum absolute atomic E-state index is 0.0452. The summed E-state index contributed by atoms with van der Waals surface area (Å²) in [6.07, 6.45) is 1.32. The molecule has 5 nitrogen and oxygen atoms in total. The monoisotopic (exact) mass is 355 g/mol. The number of benzene rings is 1. The van der Waals surface area contributed by atoms with E-state index in [4.69, 9.17) is 0 Å². The molecule has 6 heteroatoms. The Labute approximate surface area is 151 Å². The molecule has 1 aromatic heterocycles. The predicted octanol–water partition coefficient (Wildman–Crippen LogP) is 2.87. The third-order valence-electron chi connectivity index (χ3n) is 4.87. The number of anilines is 2. The van der Waals surface area contributed by atoms with Gasteiger partial charge in [0.25, 0.3) is 0 Å². The van der Waals surface area contributed by atoms with Crippen molar-refractivity contribution in [3.8, 4) is 0 Å². The van der Waals surface area contributed by atoms with Crippen LogP contribution in [0.25, 0.3) is 0 Å². The SMILES string of the molecule is CC1CC(=O)Nc2ccccc2N1C(=O)CN1CCc2sccc2C1. The molecule has 1 atom stereocenters. The van der Waals surface area contributed by atoms with E-state index >= 15 is 0 Å². The maximum Gasteiger partial charge on any atom is 0.241 e. The second kappa shape index (κ2) is 6.61. The van der Waals surface area contributed by atoms with Crippen LogP contribution in [-0.2, 0) is 22.6 Å². The maximum absolute atomic E-state index is 13.1. The molecule has 1 N–H and O–H groups in total. The van der Waals surface area contributed by atoms with E-state index in [0.717, 1.165) is 25.2 Å². The number of fused-ring (bicyclic) bond motifs is 2. The summed E-state index contributed by atoms with van der Waals surface area (Å²) in [6.45, 7) is 4.04. The molecule has 2 aromatic rings. The van der Waals surface area contributed by atoms with Gasteiger partial charge in [0.1, 0.15) is 0 Å². The second-order valence-corrected chi connectivity index (χ2v) is 7.71. The highest BCUT2D eigenvalue weighted by molar-refractivity contribution is 7.10. The quantitative estimate of drug-likeness (QED) is 0.901. The van der Waals surface area contributed by atoms with Crippen LogP contribution < -0.4 is 10.2 Å². The summed E-state index contributed by atoms with van der Waals surface area (Å²) in [6, 6.07) is 9.54. The molecule has 0 radical (unpaired) electrons. The van der Waals surface area contributed by atoms with E-state index in [2.05, 4.69) is 21.7 Å². The van der Waals surface area contributed by atoms with Crippen LogP contribution in [0.3, 0.4) is 0 Å². The first-order valence-corrected chi connectivity index (χ1v) is 9.48. The summed E-state index contributed by atoms with van der Waals surface area (Å²) in [5.74, 6) is 0.00580. The van der Waals surface area contributed by atoms with Crippen LogP contribution in [0, 0.1) is 0 Å². The van der Waals surface area contributed by atoms with Crippen molar-refractivity contribution in [3.05, 3.63) is 46.2 Å². The van der Waals surface area contributed by atoms with E-state index in [0.29, 0.717) is 18.7 Å². The van der Waals surface area contributed by atoms with E-state index < -0.39 is 0 Å². The number of thiophene rings is 1. The molecule has 2 aliphatic rings. The average molecular weight is 355 g/mol. The molecule has 130 valence electrons. The molecule has 0 aliphatic carbocycles. The molecule has 4 rings (SSSR count). The van der Waals surface area contributed by atoms with Gasteiger partial charge in [0.2, 0.25) is 11.8 Å². The molecule has 2 amide bonds. The summed E-state index contributed by atoms with van der Waals surface area (Å²) in [4.78, 5) is 30.6. The second-order valence-electron chi connectivity index (χ2n) is 6.71. The summed E-state index contributed by atoms with van der Waals surface area (Å²) in [7, 11) is 0. The highest BCUT2D eigenvalue weighted by Crippen LogP contribution is 2.32.